The summed E-state index contributed by atoms with van der Waals surface area (Å²) in [5.41, 5.74) is 9.34. The van der Waals surface area contributed by atoms with Crippen LogP contribution in [0.4, 0.5) is 11.4 Å². The van der Waals surface area contributed by atoms with E-state index in [4.69, 9.17) is 22.5 Å². The van der Waals surface area contributed by atoms with Gasteiger partial charge in [0.15, 0.2) is 5.84 Å². The van der Waals surface area contributed by atoms with Crippen LogP contribution in [0, 0.1) is 6.92 Å². The quantitative estimate of drug-likeness (QED) is 0.306. The molecule has 0 aliphatic carbocycles. The Morgan fingerprint density at radius 3 is 2.63 bits per heavy atom. The molecule has 0 radical (unpaired) electrons. The van der Waals surface area contributed by atoms with E-state index in [1.807, 2.05) is 49.4 Å². The minimum atomic E-state index is 0.0619. The summed E-state index contributed by atoms with van der Waals surface area (Å²) in [7, 11) is 0. The van der Waals surface area contributed by atoms with Gasteiger partial charge in [-0.3, -0.25) is 4.57 Å². The van der Waals surface area contributed by atoms with E-state index >= 15 is 0 Å². The van der Waals surface area contributed by atoms with Gasteiger partial charge in [0.25, 0.3) is 0 Å². The van der Waals surface area contributed by atoms with Crippen LogP contribution in [0.15, 0.2) is 47.6 Å². The van der Waals surface area contributed by atoms with E-state index in [0.717, 1.165) is 28.7 Å². The fraction of sp³-hybridized carbons (Fsp3) is 0.211. The van der Waals surface area contributed by atoms with Crippen LogP contribution < -0.4 is 10.6 Å². The molecule has 138 valence electrons. The van der Waals surface area contributed by atoms with Gasteiger partial charge >= 0.3 is 0 Å². The van der Waals surface area contributed by atoms with Crippen LogP contribution in [0.5, 0.6) is 0 Å². The number of aromatic nitrogens is 3. The van der Waals surface area contributed by atoms with Crippen LogP contribution >= 0.6 is 11.6 Å². The molecule has 3 N–H and O–H groups in total. The maximum atomic E-state index is 9.08. The molecule has 0 saturated carbocycles. The van der Waals surface area contributed by atoms with Crippen molar-refractivity contribution in [3.8, 4) is 5.69 Å². The molecule has 0 saturated heterocycles. The van der Waals surface area contributed by atoms with Crippen molar-refractivity contribution >= 4 is 28.8 Å². The number of halogens is 1. The Hall–Kier alpha value is -3.06. The lowest BCUT2D eigenvalue weighted by atomic mass is 10.1. The van der Waals surface area contributed by atoms with E-state index in [2.05, 4.69) is 31.7 Å². The van der Waals surface area contributed by atoms with Gasteiger partial charge in [-0.05, 0) is 49.4 Å². The molecule has 2 aromatic carbocycles. The number of rotatable bonds is 2. The second-order valence-corrected chi connectivity index (χ2v) is 7.05. The lowest BCUT2D eigenvalue weighted by Gasteiger charge is -2.27. The fourth-order valence-electron chi connectivity index (χ4n) is 3.46. The van der Waals surface area contributed by atoms with Crippen molar-refractivity contribution < 1.29 is 5.21 Å². The Bertz CT molecular complexity index is 1030. The van der Waals surface area contributed by atoms with Gasteiger partial charge in [-0.15, -0.1) is 10.2 Å². The summed E-state index contributed by atoms with van der Waals surface area (Å²) in [4.78, 5) is 2.19. The Morgan fingerprint density at radius 2 is 1.93 bits per heavy atom. The second kappa shape index (κ2) is 6.59. The number of nitrogens with two attached hydrogens (primary N) is 1. The van der Waals surface area contributed by atoms with Crippen molar-refractivity contribution in [3.63, 3.8) is 0 Å². The van der Waals surface area contributed by atoms with E-state index in [1.54, 1.807) is 0 Å². The van der Waals surface area contributed by atoms with Gasteiger partial charge in [-0.1, -0.05) is 23.7 Å². The first-order valence-electron chi connectivity index (χ1n) is 8.57. The third-order valence-electron chi connectivity index (χ3n) is 4.80. The number of hydrogen-bond donors (Lipinski definition) is 2. The highest BCUT2D eigenvalue weighted by molar-refractivity contribution is 6.30. The Morgan fingerprint density at radius 1 is 1.19 bits per heavy atom. The minimum absolute atomic E-state index is 0.0619. The van der Waals surface area contributed by atoms with Crippen molar-refractivity contribution in [1.29, 1.82) is 0 Å². The first-order valence-corrected chi connectivity index (χ1v) is 8.94. The molecule has 1 aliphatic rings. The number of fused-ring (bicyclic) bond motifs is 3. The van der Waals surface area contributed by atoms with Crippen LogP contribution in [0.2, 0.25) is 5.02 Å². The van der Waals surface area contributed by atoms with Crippen LogP contribution in [-0.4, -0.2) is 32.4 Å². The normalized spacial score (nSPS) is 16.6. The molecular formula is C19H19ClN6O. The zero-order valence-corrected chi connectivity index (χ0v) is 15.7. The molecule has 4 rings (SSSR count). The number of anilines is 2. The largest absolute Gasteiger partial charge is 0.409 e. The van der Waals surface area contributed by atoms with E-state index in [0.29, 0.717) is 17.1 Å². The summed E-state index contributed by atoms with van der Waals surface area (Å²) < 4.78 is 2.06. The standard InChI is InChI=1S/C19H19ClN6O/c1-11-10-25(15-6-4-14(20)5-7-15)17-9-13(18(21)24-27)3-8-16(17)26-12(2)22-23-19(11)26/h3-9,11,27H,10H2,1-2H3,(H2,21,24)/t11-/m1/s1. The van der Waals surface area contributed by atoms with Crippen LogP contribution in [0.25, 0.3) is 5.69 Å². The lowest BCUT2D eigenvalue weighted by molar-refractivity contribution is 0.318. The Labute approximate surface area is 161 Å². The fourth-order valence-corrected chi connectivity index (χ4v) is 3.59. The molecule has 8 heteroatoms. The molecule has 1 atom stereocenters. The molecule has 1 aromatic heterocycles. The summed E-state index contributed by atoms with van der Waals surface area (Å²) in [5.74, 6) is 1.92. The zero-order chi connectivity index (χ0) is 19.1. The maximum absolute atomic E-state index is 9.08. The molecule has 0 amide bonds. The van der Waals surface area contributed by atoms with Crippen LogP contribution in [-0.2, 0) is 0 Å². The Kier molecular flexibility index (Phi) is 4.24. The Balaban J connectivity index is 1.97. The second-order valence-electron chi connectivity index (χ2n) is 6.62. The predicted octanol–water partition coefficient (Wildman–Crippen LogP) is 3.58. The number of hydrogen-bond acceptors (Lipinski definition) is 5. The molecule has 0 bridgehead atoms. The highest BCUT2D eigenvalue weighted by Crippen LogP contribution is 2.38. The summed E-state index contributed by atoms with van der Waals surface area (Å²) in [6, 6.07) is 13.4. The van der Waals surface area contributed by atoms with Crippen molar-refractivity contribution in [2.24, 2.45) is 10.9 Å². The number of nitrogens with zero attached hydrogens (tertiary/aromatic N) is 5. The van der Waals surface area contributed by atoms with E-state index in [9.17, 15) is 0 Å². The number of aryl methyl sites for hydroxylation is 1. The number of benzene rings is 2. The van der Waals surface area contributed by atoms with E-state index in [-0.39, 0.29) is 11.8 Å². The molecular weight excluding hydrogens is 364 g/mol. The van der Waals surface area contributed by atoms with Gasteiger partial charge in [0.05, 0.1) is 11.4 Å². The van der Waals surface area contributed by atoms with Crippen molar-refractivity contribution in [3.05, 3.63) is 64.7 Å². The van der Waals surface area contributed by atoms with Gasteiger partial charge < -0.3 is 15.8 Å². The third kappa shape index (κ3) is 2.90. The average molecular weight is 383 g/mol. The molecule has 2 heterocycles. The first kappa shape index (κ1) is 17.4. The lowest BCUT2D eigenvalue weighted by Crippen LogP contribution is -2.22. The van der Waals surface area contributed by atoms with Gasteiger partial charge in [-0.25, -0.2) is 0 Å². The van der Waals surface area contributed by atoms with Gasteiger partial charge in [0.2, 0.25) is 0 Å². The summed E-state index contributed by atoms with van der Waals surface area (Å²) in [6.07, 6.45) is 0. The van der Waals surface area contributed by atoms with Gasteiger partial charge in [0.1, 0.15) is 11.6 Å². The SMILES string of the molecule is Cc1nnc2n1-c1ccc(C(N)=NO)cc1N(c1ccc(Cl)cc1)C[C@H]2C. The molecule has 0 unspecified atom stereocenters. The van der Waals surface area contributed by atoms with Crippen molar-refractivity contribution in [2.45, 2.75) is 19.8 Å². The predicted molar refractivity (Wildman–Crippen MR) is 105 cm³/mol. The highest BCUT2D eigenvalue weighted by Gasteiger charge is 2.28. The molecule has 1 aliphatic heterocycles. The monoisotopic (exact) mass is 382 g/mol. The summed E-state index contributed by atoms with van der Waals surface area (Å²) in [5, 5.41) is 21.5. The maximum Gasteiger partial charge on any atom is 0.170 e. The van der Waals surface area contributed by atoms with Crippen molar-refractivity contribution in [2.75, 3.05) is 11.4 Å². The molecule has 0 spiro atoms. The highest BCUT2D eigenvalue weighted by atomic mass is 35.5. The number of amidine groups is 1. The minimum Gasteiger partial charge on any atom is -0.409 e. The smallest absolute Gasteiger partial charge is 0.170 e. The van der Waals surface area contributed by atoms with E-state index < -0.39 is 0 Å². The summed E-state index contributed by atoms with van der Waals surface area (Å²) >= 11 is 6.07. The molecule has 7 nitrogen and oxygen atoms in total. The van der Waals surface area contributed by atoms with Crippen LogP contribution in [0.3, 0.4) is 0 Å². The average Bonchev–Trinajstić information content (AvgIpc) is 3.01. The van der Waals surface area contributed by atoms with Gasteiger partial charge in [0, 0.05) is 28.7 Å². The number of oxime groups is 1. The molecule has 0 fully saturated rings. The third-order valence-corrected chi connectivity index (χ3v) is 5.05. The topological polar surface area (TPSA) is 92.6 Å². The molecule has 27 heavy (non-hydrogen) atoms. The first-order chi connectivity index (χ1) is 13.0. The zero-order valence-electron chi connectivity index (χ0n) is 15.0. The van der Waals surface area contributed by atoms with Crippen molar-refractivity contribution in [1.82, 2.24) is 14.8 Å². The summed E-state index contributed by atoms with van der Waals surface area (Å²) in [6.45, 7) is 4.76. The molecule has 3 aromatic rings. The van der Waals surface area contributed by atoms with E-state index in [1.165, 1.54) is 0 Å². The van der Waals surface area contributed by atoms with Crippen LogP contribution in [0.1, 0.15) is 30.1 Å². The van der Waals surface area contributed by atoms with Gasteiger partial charge in [-0.2, -0.15) is 0 Å².